The van der Waals surface area contributed by atoms with Crippen LogP contribution in [0, 0.1) is 0 Å². The van der Waals surface area contributed by atoms with Crippen LogP contribution in [0.15, 0.2) is 24.3 Å². The molecule has 2 atom stereocenters. The van der Waals surface area contributed by atoms with Crippen LogP contribution in [0.1, 0.15) is 45.6 Å². The third-order valence-electron chi connectivity index (χ3n) is 4.64. The van der Waals surface area contributed by atoms with E-state index in [1.807, 2.05) is 19.1 Å². The van der Waals surface area contributed by atoms with E-state index in [0.29, 0.717) is 25.1 Å². The van der Waals surface area contributed by atoms with Gasteiger partial charge in [0, 0.05) is 31.2 Å². The molecular weight excluding hydrogens is 316 g/mol. The van der Waals surface area contributed by atoms with Gasteiger partial charge in [-0.25, -0.2) is 0 Å². The van der Waals surface area contributed by atoms with Crippen LogP contribution in [0.3, 0.4) is 0 Å². The van der Waals surface area contributed by atoms with E-state index < -0.39 is 0 Å². The van der Waals surface area contributed by atoms with Crippen LogP contribution in [-0.2, 0) is 16.1 Å². The Balaban J connectivity index is 2.04. The number of nitrogens with zero attached hydrogens (tertiary/aromatic N) is 1. The van der Waals surface area contributed by atoms with Crippen molar-refractivity contribution in [3.63, 3.8) is 0 Å². The Bertz CT molecular complexity index is 530. The van der Waals surface area contributed by atoms with E-state index in [4.69, 9.17) is 9.47 Å². The third-order valence-corrected chi connectivity index (χ3v) is 4.64. The minimum absolute atomic E-state index is 0.0949. The minimum Gasteiger partial charge on any atom is -0.497 e. The second-order valence-corrected chi connectivity index (χ2v) is 7.04. The van der Waals surface area contributed by atoms with Crippen molar-refractivity contribution in [3.05, 3.63) is 29.8 Å². The smallest absolute Gasteiger partial charge is 0.307 e. The minimum atomic E-state index is -0.0949. The summed E-state index contributed by atoms with van der Waals surface area (Å²) in [5, 5.41) is 3.64. The number of hydrogen-bond donors (Lipinski definition) is 1. The molecule has 0 aliphatic carbocycles. The highest BCUT2D eigenvalue weighted by Crippen LogP contribution is 2.24. The summed E-state index contributed by atoms with van der Waals surface area (Å²) in [4.78, 5) is 14.4. The van der Waals surface area contributed by atoms with Gasteiger partial charge in [-0.2, -0.15) is 0 Å². The summed E-state index contributed by atoms with van der Waals surface area (Å²) < 4.78 is 10.4. The van der Waals surface area contributed by atoms with Crippen molar-refractivity contribution in [2.45, 2.75) is 64.7 Å². The zero-order chi connectivity index (χ0) is 18.2. The lowest BCUT2D eigenvalue weighted by atomic mass is 9.94. The summed E-state index contributed by atoms with van der Waals surface area (Å²) in [5.74, 6) is 0.771. The van der Waals surface area contributed by atoms with Gasteiger partial charge in [0.1, 0.15) is 5.75 Å². The van der Waals surface area contributed by atoms with Crippen molar-refractivity contribution >= 4 is 5.97 Å². The summed E-state index contributed by atoms with van der Waals surface area (Å²) in [5.41, 5.74) is 1.24. The molecule has 0 radical (unpaired) electrons. The Morgan fingerprint density at radius 1 is 1.28 bits per heavy atom. The molecule has 1 saturated heterocycles. The number of piperidine rings is 1. The highest BCUT2D eigenvalue weighted by molar-refractivity contribution is 5.70. The van der Waals surface area contributed by atoms with Gasteiger partial charge in [0.05, 0.1) is 20.1 Å². The number of carbonyl (C=O) groups is 1. The Hall–Kier alpha value is -1.59. The number of carbonyl (C=O) groups excluding carboxylic acids is 1. The first-order chi connectivity index (χ1) is 12.0. The first-order valence-electron chi connectivity index (χ1n) is 9.30. The molecule has 1 aromatic carbocycles. The number of rotatable bonds is 8. The summed E-state index contributed by atoms with van der Waals surface area (Å²) in [6.45, 7) is 8.45. The molecule has 5 heteroatoms. The van der Waals surface area contributed by atoms with Crippen LogP contribution in [-0.4, -0.2) is 49.3 Å². The zero-order valence-electron chi connectivity index (χ0n) is 16.0. The van der Waals surface area contributed by atoms with Crippen molar-refractivity contribution in [2.24, 2.45) is 0 Å². The number of hydrogen-bond acceptors (Lipinski definition) is 5. The normalized spacial score (nSPS) is 21.3. The molecule has 0 aromatic heterocycles. The van der Waals surface area contributed by atoms with Crippen LogP contribution in [0.5, 0.6) is 5.75 Å². The van der Waals surface area contributed by atoms with Gasteiger partial charge in [-0.3, -0.25) is 9.69 Å². The monoisotopic (exact) mass is 348 g/mol. The summed E-state index contributed by atoms with van der Waals surface area (Å²) in [6, 6.07) is 9.35. The second kappa shape index (κ2) is 9.78. The lowest BCUT2D eigenvalue weighted by molar-refractivity contribution is -0.145. The number of methoxy groups -OCH3 is 1. The fourth-order valence-electron chi connectivity index (χ4n) is 3.51. The predicted octanol–water partition coefficient (Wildman–Crippen LogP) is 2.98. The number of ether oxygens (including phenoxy) is 2. The van der Waals surface area contributed by atoms with E-state index in [1.54, 1.807) is 7.11 Å². The average molecular weight is 348 g/mol. The van der Waals surface area contributed by atoms with Gasteiger partial charge in [0.2, 0.25) is 0 Å². The molecule has 1 aromatic rings. The molecule has 1 fully saturated rings. The summed E-state index contributed by atoms with van der Waals surface area (Å²) in [7, 11) is 1.68. The van der Waals surface area contributed by atoms with Gasteiger partial charge in [0.25, 0.3) is 0 Å². The van der Waals surface area contributed by atoms with Gasteiger partial charge in [-0.05, 0) is 37.5 Å². The van der Waals surface area contributed by atoms with E-state index in [9.17, 15) is 4.79 Å². The first-order valence-corrected chi connectivity index (χ1v) is 9.30. The topological polar surface area (TPSA) is 50.8 Å². The van der Waals surface area contributed by atoms with E-state index >= 15 is 0 Å². The summed E-state index contributed by atoms with van der Waals surface area (Å²) >= 11 is 0. The highest BCUT2D eigenvalue weighted by Gasteiger charge is 2.30. The van der Waals surface area contributed by atoms with Gasteiger partial charge in [-0.1, -0.05) is 26.0 Å². The molecule has 2 unspecified atom stereocenters. The molecule has 0 amide bonds. The van der Waals surface area contributed by atoms with Crippen LogP contribution >= 0.6 is 0 Å². The number of benzene rings is 1. The maximum atomic E-state index is 12.0. The average Bonchev–Trinajstić information content (AvgIpc) is 2.57. The molecule has 1 aliphatic heterocycles. The standard InChI is InChI=1S/C20H32N2O3/c1-5-25-20(23)12-18-9-8-17(21-15(2)3)14-22(18)13-16-6-10-19(24-4)11-7-16/h6-7,10-11,15,17-18,21H,5,8-9,12-14H2,1-4H3. The van der Waals surface area contributed by atoms with E-state index in [-0.39, 0.29) is 12.0 Å². The Labute approximate surface area is 151 Å². The molecule has 1 heterocycles. The molecule has 140 valence electrons. The van der Waals surface area contributed by atoms with Gasteiger partial charge in [0.15, 0.2) is 0 Å². The van der Waals surface area contributed by atoms with Gasteiger partial charge in [-0.15, -0.1) is 0 Å². The van der Waals surface area contributed by atoms with E-state index in [0.717, 1.165) is 31.7 Å². The van der Waals surface area contributed by atoms with Crippen LogP contribution in [0.25, 0.3) is 0 Å². The van der Waals surface area contributed by atoms with Gasteiger partial charge >= 0.3 is 5.97 Å². The molecule has 5 nitrogen and oxygen atoms in total. The lowest BCUT2D eigenvalue weighted by Crippen LogP contribution is -2.52. The van der Waals surface area contributed by atoms with Crippen molar-refractivity contribution < 1.29 is 14.3 Å². The largest absolute Gasteiger partial charge is 0.497 e. The van der Waals surface area contributed by atoms with Crippen molar-refractivity contribution in [1.29, 1.82) is 0 Å². The zero-order valence-corrected chi connectivity index (χ0v) is 16.0. The molecule has 0 bridgehead atoms. The second-order valence-electron chi connectivity index (χ2n) is 7.04. The Morgan fingerprint density at radius 2 is 2.00 bits per heavy atom. The van der Waals surface area contributed by atoms with Crippen molar-refractivity contribution in [2.75, 3.05) is 20.3 Å². The Morgan fingerprint density at radius 3 is 2.60 bits per heavy atom. The molecule has 0 saturated carbocycles. The maximum Gasteiger partial charge on any atom is 0.307 e. The van der Waals surface area contributed by atoms with Crippen molar-refractivity contribution in [3.8, 4) is 5.75 Å². The molecular formula is C20H32N2O3. The lowest BCUT2D eigenvalue weighted by Gasteiger charge is -2.40. The molecule has 0 spiro atoms. The third kappa shape index (κ3) is 6.33. The SMILES string of the molecule is CCOC(=O)CC1CCC(NC(C)C)CN1Cc1ccc(OC)cc1. The van der Waals surface area contributed by atoms with Crippen LogP contribution in [0.2, 0.25) is 0 Å². The van der Waals surface area contributed by atoms with E-state index in [1.165, 1.54) is 5.56 Å². The van der Waals surface area contributed by atoms with Crippen molar-refractivity contribution in [1.82, 2.24) is 10.2 Å². The number of nitrogens with one attached hydrogen (secondary N) is 1. The summed E-state index contributed by atoms with van der Waals surface area (Å²) in [6.07, 6.45) is 2.58. The van der Waals surface area contributed by atoms with E-state index in [2.05, 4.69) is 36.2 Å². The molecule has 1 N–H and O–H groups in total. The number of esters is 1. The number of likely N-dealkylation sites (tertiary alicyclic amines) is 1. The maximum absolute atomic E-state index is 12.0. The van der Waals surface area contributed by atoms with Crippen LogP contribution in [0.4, 0.5) is 0 Å². The fourth-order valence-corrected chi connectivity index (χ4v) is 3.51. The Kier molecular flexibility index (Phi) is 7.72. The quantitative estimate of drug-likeness (QED) is 0.732. The molecule has 1 aliphatic rings. The molecule has 25 heavy (non-hydrogen) atoms. The van der Waals surface area contributed by atoms with Gasteiger partial charge < -0.3 is 14.8 Å². The molecule has 2 rings (SSSR count). The predicted molar refractivity (Wildman–Crippen MR) is 99.7 cm³/mol. The van der Waals surface area contributed by atoms with Crippen LogP contribution < -0.4 is 10.1 Å². The highest BCUT2D eigenvalue weighted by atomic mass is 16.5. The first kappa shape index (κ1) is 19.7. The fraction of sp³-hybridized carbons (Fsp3) is 0.650.